The molecule has 0 aliphatic carbocycles. The van der Waals surface area contributed by atoms with E-state index in [1.807, 2.05) is 18.9 Å². The summed E-state index contributed by atoms with van der Waals surface area (Å²) in [5.41, 5.74) is 7.08. The van der Waals surface area contributed by atoms with Gasteiger partial charge in [0, 0.05) is 32.3 Å². The molecular formula is C14H21FN2O2. The predicted octanol–water partition coefficient (Wildman–Crippen LogP) is 2.42. The molecular weight excluding hydrogens is 247 g/mol. The lowest BCUT2D eigenvalue weighted by molar-refractivity contribution is 0.116. The highest BCUT2D eigenvalue weighted by molar-refractivity contribution is 5.69. The van der Waals surface area contributed by atoms with E-state index >= 15 is 0 Å². The summed E-state index contributed by atoms with van der Waals surface area (Å²) in [6.07, 6.45) is 2.38. The number of nitrogens with two attached hydrogens (primary N) is 1. The first-order valence-electron chi connectivity index (χ1n) is 6.66. The maximum Gasteiger partial charge on any atom is 0.167 e. The quantitative estimate of drug-likeness (QED) is 0.833. The van der Waals surface area contributed by atoms with E-state index in [-0.39, 0.29) is 11.9 Å². The van der Waals surface area contributed by atoms with Crippen molar-refractivity contribution >= 4 is 11.4 Å². The van der Waals surface area contributed by atoms with E-state index in [4.69, 9.17) is 15.2 Å². The van der Waals surface area contributed by atoms with Crippen LogP contribution in [0.15, 0.2) is 12.1 Å². The minimum atomic E-state index is -0.423. The molecule has 106 valence electrons. The second-order valence-corrected chi connectivity index (χ2v) is 4.79. The minimum absolute atomic E-state index is 0.227. The lowest BCUT2D eigenvalue weighted by Crippen LogP contribution is -2.29. The van der Waals surface area contributed by atoms with E-state index in [1.165, 1.54) is 6.07 Å². The molecule has 0 spiro atoms. The third-order valence-corrected chi connectivity index (χ3v) is 3.29. The molecule has 2 rings (SSSR count). The molecule has 2 N–H and O–H groups in total. The third kappa shape index (κ3) is 3.29. The summed E-state index contributed by atoms with van der Waals surface area (Å²) in [6, 6.07) is 2.97. The molecule has 1 atom stereocenters. The van der Waals surface area contributed by atoms with Crippen LogP contribution in [-0.4, -0.2) is 32.9 Å². The summed E-state index contributed by atoms with van der Waals surface area (Å²) in [7, 11) is 1.93. The van der Waals surface area contributed by atoms with E-state index in [0.29, 0.717) is 12.3 Å². The van der Waals surface area contributed by atoms with E-state index in [9.17, 15) is 4.39 Å². The number of nitrogens with zero attached hydrogens (tertiary/aromatic N) is 1. The normalized spacial score (nSPS) is 18.6. The third-order valence-electron chi connectivity index (χ3n) is 3.29. The summed E-state index contributed by atoms with van der Waals surface area (Å²) in [5.74, 6) is -0.181. The van der Waals surface area contributed by atoms with Gasteiger partial charge in [-0.25, -0.2) is 4.39 Å². The van der Waals surface area contributed by atoms with E-state index in [0.717, 1.165) is 31.7 Å². The molecule has 0 aromatic heterocycles. The molecule has 0 saturated carbocycles. The summed E-state index contributed by atoms with van der Waals surface area (Å²) in [5, 5.41) is 0. The summed E-state index contributed by atoms with van der Waals surface area (Å²) in [4.78, 5) is 1.99. The lowest BCUT2D eigenvalue weighted by Gasteiger charge is -2.24. The van der Waals surface area contributed by atoms with Crippen LogP contribution < -0.4 is 15.4 Å². The number of likely N-dealkylation sites (N-methyl/N-ethyl adjacent to an activating group) is 1. The first-order chi connectivity index (χ1) is 9.11. The van der Waals surface area contributed by atoms with Crippen molar-refractivity contribution < 1.29 is 13.9 Å². The number of rotatable bonds is 5. The Morgan fingerprint density at radius 2 is 2.32 bits per heavy atom. The fourth-order valence-corrected chi connectivity index (χ4v) is 2.35. The van der Waals surface area contributed by atoms with Crippen LogP contribution in [0.25, 0.3) is 0 Å². The molecule has 4 nitrogen and oxygen atoms in total. The Hall–Kier alpha value is -1.49. The number of hydrogen-bond donors (Lipinski definition) is 1. The highest BCUT2D eigenvalue weighted by atomic mass is 19.1. The van der Waals surface area contributed by atoms with Crippen molar-refractivity contribution in [3.05, 3.63) is 17.9 Å². The van der Waals surface area contributed by atoms with Crippen LogP contribution in [0.5, 0.6) is 5.75 Å². The van der Waals surface area contributed by atoms with Crippen molar-refractivity contribution in [1.82, 2.24) is 0 Å². The second-order valence-electron chi connectivity index (χ2n) is 4.79. The van der Waals surface area contributed by atoms with Crippen LogP contribution in [0.2, 0.25) is 0 Å². The largest absolute Gasteiger partial charge is 0.491 e. The number of nitrogen functional groups attached to an aromatic ring is 1. The van der Waals surface area contributed by atoms with Gasteiger partial charge in [-0.15, -0.1) is 0 Å². The SMILES string of the molecule is CCOc1cc(N(C)CC2CCCO2)c(N)cc1F. The highest BCUT2D eigenvalue weighted by Gasteiger charge is 2.19. The number of halogens is 1. The zero-order valence-electron chi connectivity index (χ0n) is 11.5. The van der Waals surface area contributed by atoms with Crippen LogP contribution in [0, 0.1) is 5.82 Å². The second kappa shape index (κ2) is 6.10. The van der Waals surface area contributed by atoms with Crippen molar-refractivity contribution in [3.63, 3.8) is 0 Å². The van der Waals surface area contributed by atoms with Gasteiger partial charge in [-0.05, 0) is 19.8 Å². The molecule has 0 bridgehead atoms. The summed E-state index contributed by atoms with van der Waals surface area (Å²) >= 11 is 0. The Balaban J connectivity index is 2.14. The fourth-order valence-electron chi connectivity index (χ4n) is 2.35. The molecule has 1 saturated heterocycles. The maximum atomic E-state index is 13.6. The predicted molar refractivity (Wildman–Crippen MR) is 74.2 cm³/mol. The van der Waals surface area contributed by atoms with Crippen molar-refractivity contribution in [2.75, 3.05) is 37.4 Å². The van der Waals surface area contributed by atoms with Gasteiger partial charge in [0.25, 0.3) is 0 Å². The van der Waals surface area contributed by atoms with Gasteiger partial charge >= 0.3 is 0 Å². The number of hydrogen-bond acceptors (Lipinski definition) is 4. The standard InChI is InChI=1S/C14H21FN2O2/c1-3-18-14-8-13(12(16)7-11(14)15)17(2)9-10-5-4-6-19-10/h7-8,10H,3-6,9,16H2,1-2H3. The van der Waals surface area contributed by atoms with Crippen molar-refractivity contribution in [1.29, 1.82) is 0 Å². The van der Waals surface area contributed by atoms with Gasteiger partial charge in [-0.3, -0.25) is 0 Å². The van der Waals surface area contributed by atoms with Crippen molar-refractivity contribution in [2.24, 2.45) is 0 Å². The van der Waals surface area contributed by atoms with E-state index in [2.05, 4.69) is 0 Å². The molecule has 19 heavy (non-hydrogen) atoms. The Labute approximate surface area is 113 Å². The van der Waals surface area contributed by atoms with Crippen LogP contribution in [0.1, 0.15) is 19.8 Å². The highest BCUT2D eigenvalue weighted by Crippen LogP contribution is 2.31. The van der Waals surface area contributed by atoms with E-state index in [1.54, 1.807) is 6.07 Å². The van der Waals surface area contributed by atoms with Crippen molar-refractivity contribution in [2.45, 2.75) is 25.9 Å². The fraction of sp³-hybridized carbons (Fsp3) is 0.571. The van der Waals surface area contributed by atoms with Crippen LogP contribution in [0.4, 0.5) is 15.8 Å². The Kier molecular flexibility index (Phi) is 4.47. The average Bonchev–Trinajstić information content (AvgIpc) is 2.85. The van der Waals surface area contributed by atoms with E-state index < -0.39 is 5.82 Å². The van der Waals surface area contributed by atoms with Gasteiger partial charge in [-0.2, -0.15) is 0 Å². The molecule has 1 fully saturated rings. The zero-order chi connectivity index (χ0) is 13.8. The molecule has 1 unspecified atom stereocenters. The molecule has 5 heteroatoms. The molecule has 1 aromatic rings. The van der Waals surface area contributed by atoms with Crippen LogP contribution in [0.3, 0.4) is 0 Å². The number of anilines is 2. The van der Waals surface area contributed by atoms with Crippen LogP contribution in [-0.2, 0) is 4.74 Å². The molecule has 1 aliphatic heterocycles. The molecule has 0 amide bonds. The molecule has 1 aliphatic rings. The van der Waals surface area contributed by atoms with Crippen LogP contribution >= 0.6 is 0 Å². The van der Waals surface area contributed by atoms with Gasteiger partial charge in [-0.1, -0.05) is 0 Å². The number of ether oxygens (including phenoxy) is 2. The maximum absolute atomic E-state index is 13.6. The van der Waals surface area contributed by atoms with Gasteiger partial charge in [0.1, 0.15) is 0 Å². The first kappa shape index (κ1) is 13.9. The molecule has 0 radical (unpaired) electrons. The van der Waals surface area contributed by atoms with Gasteiger partial charge in [0.05, 0.1) is 24.1 Å². The molecule has 1 heterocycles. The topological polar surface area (TPSA) is 47.7 Å². The Morgan fingerprint density at radius 3 is 2.95 bits per heavy atom. The Morgan fingerprint density at radius 1 is 1.53 bits per heavy atom. The first-order valence-corrected chi connectivity index (χ1v) is 6.66. The Bertz CT molecular complexity index is 434. The molecule has 1 aromatic carbocycles. The van der Waals surface area contributed by atoms with Gasteiger partial charge in [0.15, 0.2) is 11.6 Å². The minimum Gasteiger partial charge on any atom is -0.491 e. The summed E-state index contributed by atoms with van der Waals surface area (Å²) in [6.45, 7) is 3.82. The average molecular weight is 268 g/mol. The van der Waals surface area contributed by atoms with Gasteiger partial charge in [0.2, 0.25) is 0 Å². The zero-order valence-corrected chi connectivity index (χ0v) is 11.5. The lowest BCUT2D eigenvalue weighted by atomic mass is 10.2. The monoisotopic (exact) mass is 268 g/mol. The summed E-state index contributed by atoms with van der Waals surface area (Å²) < 4.78 is 24.5. The number of benzene rings is 1. The smallest absolute Gasteiger partial charge is 0.167 e. The van der Waals surface area contributed by atoms with Crippen molar-refractivity contribution in [3.8, 4) is 5.75 Å². The van der Waals surface area contributed by atoms with Gasteiger partial charge < -0.3 is 20.1 Å².